The number of hydrogen-bond donors (Lipinski definition) is 1. The molecule has 5 nitrogen and oxygen atoms in total. The zero-order valence-electron chi connectivity index (χ0n) is 15.1. The van der Waals surface area contributed by atoms with Gasteiger partial charge in [0, 0.05) is 24.2 Å². The van der Waals surface area contributed by atoms with Crippen molar-refractivity contribution in [2.75, 3.05) is 20.3 Å². The first-order valence-corrected chi connectivity index (χ1v) is 8.91. The Balaban J connectivity index is 2.14. The van der Waals surface area contributed by atoms with E-state index in [0.29, 0.717) is 10.6 Å². The SMILES string of the molecule is COCCN1C(=O)C(=O)C(=C(O)c2ccc(Cl)cc2)[C@@H]1c1ccc(C)cc1. The van der Waals surface area contributed by atoms with Gasteiger partial charge in [0.2, 0.25) is 0 Å². The summed E-state index contributed by atoms with van der Waals surface area (Å²) < 4.78 is 5.09. The van der Waals surface area contributed by atoms with Gasteiger partial charge >= 0.3 is 0 Å². The number of aryl methyl sites for hydroxylation is 1. The number of ether oxygens (including phenoxy) is 1. The van der Waals surface area contributed by atoms with E-state index in [-0.39, 0.29) is 24.5 Å². The minimum Gasteiger partial charge on any atom is -0.507 e. The van der Waals surface area contributed by atoms with Gasteiger partial charge in [-0.1, -0.05) is 41.4 Å². The molecule has 1 amide bonds. The van der Waals surface area contributed by atoms with Crippen molar-refractivity contribution in [3.8, 4) is 0 Å². The van der Waals surface area contributed by atoms with Crippen LogP contribution in [0.1, 0.15) is 22.7 Å². The van der Waals surface area contributed by atoms with Crippen molar-refractivity contribution in [2.24, 2.45) is 0 Å². The topological polar surface area (TPSA) is 66.8 Å². The highest BCUT2D eigenvalue weighted by atomic mass is 35.5. The molecule has 0 bridgehead atoms. The average Bonchev–Trinajstić information content (AvgIpc) is 2.91. The van der Waals surface area contributed by atoms with E-state index >= 15 is 0 Å². The monoisotopic (exact) mass is 385 g/mol. The second-order valence-electron chi connectivity index (χ2n) is 6.40. The molecular formula is C21H20ClNO4. The van der Waals surface area contributed by atoms with Gasteiger partial charge in [-0.3, -0.25) is 9.59 Å². The van der Waals surface area contributed by atoms with Crippen molar-refractivity contribution in [3.05, 3.63) is 75.8 Å². The predicted octanol–water partition coefficient (Wildman–Crippen LogP) is 3.72. The molecule has 1 saturated heterocycles. The third-order valence-corrected chi connectivity index (χ3v) is 4.84. The van der Waals surface area contributed by atoms with Gasteiger partial charge in [-0.2, -0.15) is 0 Å². The molecular weight excluding hydrogens is 366 g/mol. The van der Waals surface area contributed by atoms with E-state index in [4.69, 9.17) is 16.3 Å². The quantitative estimate of drug-likeness (QED) is 0.484. The highest BCUT2D eigenvalue weighted by molar-refractivity contribution is 6.46. The van der Waals surface area contributed by atoms with Gasteiger partial charge in [-0.05, 0) is 36.8 Å². The number of benzene rings is 2. The van der Waals surface area contributed by atoms with Crippen LogP contribution in [0.5, 0.6) is 0 Å². The largest absolute Gasteiger partial charge is 0.507 e. The van der Waals surface area contributed by atoms with Gasteiger partial charge in [-0.25, -0.2) is 0 Å². The molecule has 2 aromatic rings. The van der Waals surface area contributed by atoms with Crippen LogP contribution in [0.4, 0.5) is 0 Å². The first kappa shape index (κ1) is 19.1. The van der Waals surface area contributed by atoms with Gasteiger partial charge in [0.1, 0.15) is 5.76 Å². The number of hydrogen-bond acceptors (Lipinski definition) is 4. The number of carbonyl (C=O) groups excluding carboxylic acids is 2. The number of methoxy groups -OCH3 is 1. The third kappa shape index (κ3) is 3.75. The van der Waals surface area contributed by atoms with Gasteiger partial charge in [0.15, 0.2) is 0 Å². The highest BCUT2D eigenvalue weighted by Crippen LogP contribution is 2.39. The number of aliphatic hydroxyl groups excluding tert-OH is 1. The van der Waals surface area contributed by atoms with E-state index in [9.17, 15) is 14.7 Å². The second-order valence-corrected chi connectivity index (χ2v) is 6.84. The minimum atomic E-state index is -0.705. The summed E-state index contributed by atoms with van der Waals surface area (Å²) in [5.41, 5.74) is 2.32. The van der Waals surface area contributed by atoms with E-state index in [0.717, 1.165) is 11.1 Å². The molecule has 0 unspecified atom stereocenters. The van der Waals surface area contributed by atoms with Crippen LogP contribution in [0.15, 0.2) is 54.1 Å². The lowest BCUT2D eigenvalue weighted by molar-refractivity contribution is -0.140. The van der Waals surface area contributed by atoms with E-state index in [1.54, 1.807) is 24.3 Å². The Labute approximate surface area is 162 Å². The van der Waals surface area contributed by atoms with Crippen LogP contribution in [-0.2, 0) is 14.3 Å². The molecule has 1 fully saturated rings. The molecule has 0 aliphatic carbocycles. The Hall–Kier alpha value is -2.63. The Morgan fingerprint density at radius 3 is 2.33 bits per heavy atom. The van der Waals surface area contributed by atoms with Crippen LogP contribution in [0, 0.1) is 6.92 Å². The molecule has 1 aliphatic heterocycles. The molecule has 1 atom stereocenters. The van der Waals surface area contributed by atoms with E-state index < -0.39 is 17.7 Å². The molecule has 3 rings (SSSR count). The van der Waals surface area contributed by atoms with Gasteiger partial charge in [0.25, 0.3) is 11.7 Å². The fourth-order valence-corrected chi connectivity index (χ4v) is 3.28. The van der Waals surface area contributed by atoms with Crippen molar-refractivity contribution < 1.29 is 19.4 Å². The Bertz CT molecular complexity index is 887. The number of nitrogens with zero attached hydrogens (tertiary/aromatic N) is 1. The van der Waals surface area contributed by atoms with E-state index in [1.807, 2.05) is 31.2 Å². The molecule has 2 aromatic carbocycles. The molecule has 0 radical (unpaired) electrons. The highest BCUT2D eigenvalue weighted by Gasteiger charge is 2.45. The van der Waals surface area contributed by atoms with Crippen LogP contribution in [-0.4, -0.2) is 42.0 Å². The number of halogens is 1. The van der Waals surface area contributed by atoms with Crippen LogP contribution in [0.3, 0.4) is 0 Å². The van der Waals surface area contributed by atoms with Crippen LogP contribution in [0.25, 0.3) is 5.76 Å². The molecule has 6 heteroatoms. The standard InChI is InChI=1S/C21H20ClNO4/c1-13-3-5-14(6-4-13)18-17(19(24)15-7-9-16(22)10-8-15)20(25)21(26)23(18)11-12-27-2/h3-10,18,24H,11-12H2,1-2H3/t18-/m0/s1. The van der Waals surface area contributed by atoms with Gasteiger partial charge < -0.3 is 14.7 Å². The molecule has 27 heavy (non-hydrogen) atoms. The smallest absolute Gasteiger partial charge is 0.295 e. The van der Waals surface area contributed by atoms with E-state index in [1.165, 1.54) is 12.0 Å². The van der Waals surface area contributed by atoms with Crippen LogP contribution >= 0.6 is 11.6 Å². The van der Waals surface area contributed by atoms with E-state index in [2.05, 4.69) is 0 Å². The summed E-state index contributed by atoms with van der Waals surface area (Å²) in [6, 6.07) is 13.4. The summed E-state index contributed by atoms with van der Waals surface area (Å²) in [6.45, 7) is 2.49. The average molecular weight is 386 g/mol. The number of amides is 1. The third-order valence-electron chi connectivity index (χ3n) is 4.59. The zero-order valence-corrected chi connectivity index (χ0v) is 15.9. The fourth-order valence-electron chi connectivity index (χ4n) is 3.16. The molecule has 0 spiro atoms. The van der Waals surface area contributed by atoms with Crippen molar-refractivity contribution in [3.63, 3.8) is 0 Å². The maximum Gasteiger partial charge on any atom is 0.295 e. The van der Waals surface area contributed by atoms with Gasteiger partial charge in [-0.15, -0.1) is 0 Å². The molecule has 0 saturated carbocycles. The van der Waals surface area contributed by atoms with Crippen molar-refractivity contribution in [1.29, 1.82) is 0 Å². The minimum absolute atomic E-state index is 0.0716. The maximum absolute atomic E-state index is 12.7. The number of aliphatic hydroxyl groups is 1. The normalized spacial score (nSPS) is 18.9. The maximum atomic E-state index is 12.7. The summed E-state index contributed by atoms with van der Waals surface area (Å²) in [7, 11) is 1.53. The summed E-state index contributed by atoms with van der Waals surface area (Å²) in [6.07, 6.45) is 0. The van der Waals surface area contributed by atoms with Crippen molar-refractivity contribution in [1.82, 2.24) is 4.90 Å². The zero-order chi connectivity index (χ0) is 19.6. The number of rotatable bonds is 5. The predicted molar refractivity (Wildman–Crippen MR) is 104 cm³/mol. The second kappa shape index (κ2) is 7.94. The Morgan fingerprint density at radius 2 is 1.74 bits per heavy atom. The molecule has 1 heterocycles. The lowest BCUT2D eigenvalue weighted by Crippen LogP contribution is -2.32. The van der Waals surface area contributed by atoms with Crippen LogP contribution < -0.4 is 0 Å². The summed E-state index contributed by atoms with van der Waals surface area (Å²) in [4.78, 5) is 26.8. The summed E-state index contributed by atoms with van der Waals surface area (Å²) in [5, 5.41) is 11.4. The molecule has 140 valence electrons. The first-order chi connectivity index (χ1) is 12.9. The number of ketones is 1. The van der Waals surface area contributed by atoms with Gasteiger partial charge in [0.05, 0.1) is 18.2 Å². The lowest BCUT2D eigenvalue weighted by Gasteiger charge is -2.25. The fraction of sp³-hybridized carbons (Fsp3) is 0.238. The molecule has 1 aliphatic rings. The first-order valence-electron chi connectivity index (χ1n) is 8.54. The lowest BCUT2D eigenvalue weighted by atomic mass is 9.95. The summed E-state index contributed by atoms with van der Waals surface area (Å²) >= 11 is 5.91. The van der Waals surface area contributed by atoms with Crippen molar-refractivity contribution in [2.45, 2.75) is 13.0 Å². The number of likely N-dealkylation sites (tertiary alicyclic amines) is 1. The molecule has 1 N–H and O–H groups in total. The molecule has 0 aromatic heterocycles. The summed E-state index contributed by atoms with van der Waals surface area (Å²) in [5.74, 6) is -1.56. The number of carbonyl (C=O) groups is 2. The van der Waals surface area contributed by atoms with Crippen molar-refractivity contribution >= 4 is 29.1 Å². The van der Waals surface area contributed by atoms with Crippen LogP contribution in [0.2, 0.25) is 5.02 Å². The Morgan fingerprint density at radius 1 is 1.11 bits per heavy atom. The Kier molecular flexibility index (Phi) is 5.63. The number of Topliss-reactive ketones (excluding diaryl/α,β-unsaturated/α-hetero) is 1.